The number of rotatable bonds is 2. The van der Waals surface area contributed by atoms with Gasteiger partial charge in [-0.15, -0.1) is 0 Å². The molecule has 0 aliphatic heterocycles. The Morgan fingerprint density at radius 1 is 1.29 bits per heavy atom. The van der Waals surface area contributed by atoms with Gasteiger partial charge >= 0.3 is 0 Å². The molecule has 0 aliphatic carbocycles. The number of benzene rings is 1. The predicted octanol–water partition coefficient (Wildman–Crippen LogP) is 3.16. The summed E-state index contributed by atoms with van der Waals surface area (Å²) in [5, 5.41) is 4.37. The van der Waals surface area contributed by atoms with E-state index in [2.05, 4.69) is 5.10 Å². The Morgan fingerprint density at radius 3 is 2.59 bits per heavy atom. The molecule has 0 fully saturated rings. The van der Waals surface area contributed by atoms with Crippen LogP contribution in [0.5, 0.6) is 0 Å². The van der Waals surface area contributed by atoms with Crippen LogP contribution in [0.25, 0.3) is 11.1 Å². The Hall–Kier alpha value is -1.84. The van der Waals surface area contributed by atoms with E-state index in [1.807, 2.05) is 31.6 Å². The highest BCUT2D eigenvalue weighted by molar-refractivity contribution is 5.69. The molecule has 0 saturated carbocycles. The van der Waals surface area contributed by atoms with E-state index in [-0.39, 0.29) is 11.9 Å². The lowest BCUT2D eigenvalue weighted by Gasteiger charge is -2.04. The van der Waals surface area contributed by atoms with Crippen molar-refractivity contribution in [2.24, 2.45) is 0 Å². The molecule has 2 rings (SSSR count). The van der Waals surface area contributed by atoms with Crippen molar-refractivity contribution >= 4 is 5.69 Å². The molecular formula is C13H16FN3. The minimum Gasteiger partial charge on any atom is -0.399 e. The molecule has 0 unspecified atom stereocenters. The number of aromatic nitrogens is 2. The number of halogens is 1. The third-order valence-electron chi connectivity index (χ3n) is 2.73. The van der Waals surface area contributed by atoms with Gasteiger partial charge in [-0.3, -0.25) is 4.68 Å². The van der Waals surface area contributed by atoms with Gasteiger partial charge in [0.25, 0.3) is 0 Å². The molecule has 90 valence electrons. The lowest BCUT2D eigenvalue weighted by Crippen LogP contribution is -2.00. The largest absolute Gasteiger partial charge is 0.399 e. The van der Waals surface area contributed by atoms with Crippen molar-refractivity contribution < 1.29 is 4.39 Å². The molecular weight excluding hydrogens is 217 g/mol. The third kappa shape index (κ3) is 2.16. The molecule has 0 atom stereocenters. The fraction of sp³-hybridized carbons (Fsp3) is 0.308. The first-order chi connectivity index (χ1) is 7.99. The monoisotopic (exact) mass is 233 g/mol. The number of hydrogen-bond acceptors (Lipinski definition) is 2. The quantitative estimate of drug-likeness (QED) is 0.810. The molecule has 1 heterocycles. The van der Waals surface area contributed by atoms with Gasteiger partial charge in [0.1, 0.15) is 5.82 Å². The first-order valence-corrected chi connectivity index (χ1v) is 5.60. The molecule has 0 radical (unpaired) electrons. The number of aryl methyl sites for hydroxylation is 1. The van der Waals surface area contributed by atoms with Crippen molar-refractivity contribution in [2.75, 3.05) is 5.73 Å². The van der Waals surface area contributed by atoms with Gasteiger partial charge in [-0.2, -0.15) is 5.10 Å². The highest BCUT2D eigenvalue weighted by Crippen LogP contribution is 2.28. The van der Waals surface area contributed by atoms with Gasteiger partial charge in [0.05, 0.1) is 5.69 Å². The van der Waals surface area contributed by atoms with E-state index in [1.165, 1.54) is 6.07 Å². The minimum absolute atomic E-state index is 0.256. The maximum absolute atomic E-state index is 13.8. The van der Waals surface area contributed by atoms with Crippen LogP contribution in [0.2, 0.25) is 0 Å². The fourth-order valence-electron chi connectivity index (χ4n) is 1.76. The molecule has 0 amide bonds. The maximum atomic E-state index is 13.8. The van der Waals surface area contributed by atoms with Gasteiger partial charge in [-0.1, -0.05) is 0 Å². The lowest BCUT2D eigenvalue weighted by molar-refractivity contribution is 0.529. The van der Waals surface area contributed by atoms with Gasteiger partial charge < -0.3 is 5.73 Å². The van der Waals surface area contributed by atoms with Crippen LogP contribution in [0, 0.1) is 12.7 Å². The molecule has 1 aromatic carbocycles. The van der Waals surface area contributed by atoms with E-state index in [1.54, 1.807) is 12.1 Å². The van der Waals surface area contributed by atoms with Gasteiger partial charge in [-0.05, 0) is 39.0 Å². The second-order valence-corrected chi connectivity index (χ2v) is 4.44. The second kappa shape index (κ2) is 4.20. The Kier molecular flexibility index (Phi) is 2.88. The zero-order valence-electron chi connectivity index (χ0n) is 10.2. The number of nitrogen functional groups attached to an aromatic ring is 1. The average Bonchev–Trinajstić information content (AvgIpc) is 2.64. The summed E-state index contributed by atoms with van der Waals surface area (Å²) in [5.74, 6) is -0.273. The zero-order chi connectivity index (χ0) is 12.6. The molecule has 4 heteroatoms. The van der Waals surface area contributed by atoms with Gasteiger partial charge in [0, 0.05) is 29.1 Å². The maximum Gasteiger partial charge on any atom is 0.131 e. The molecule has 0 saturated heterocycles. The molecule has 0 aliphatic rings. The summed E-state index contributed by atoms with van der Waals surface area (Å²) in [6.45, 7) is 5.94. The fourth-order valence-corrected chi connectivity index (χ4v) is 1.76. The van der Waals surface area contributed by atoms with Crippen molar-refractivity contribution in [2.45, 2.75) is 26.8 Å². The second-order valence-electron chi connectivity index (χ2n) is 4.44. The summed E-state index contributed by atoms with van der Waals surface area (Å²) in [7, 11) is 0. The van der Waals surface area contributed by atoms with Crippen molar-refractivity contribution in [1.82, 2.24) is 9.78 Å². The van der Waals surface area contributed by atoms with Crippen molar-refractivity contribution in [3.63, 3.8) is 0 Å². The van der Waals surface area contributed by atoms with Crippen LogP contribution in [0.3, 0.4) is 0 Å². The standard InChI is InChI=1S/C13H16FN3/c1-8(2)17-7-12(9(3)16-17)11-6-10(15)4-5-13(11)14/h4-8H,15H2,1-3H3. The first kappa shape index (κ1) is 11.6. The Morgan fingerprint density at radius 2 is 2.00 bits per heavy atom. The number of nitrogens with zero attached hydrogens (tertiary/aromatic N) is 2. The first-order valence-electron chi connectivity index (χ1n) is 5.60. The number of nitrogens with two attached hydrogens (primary N) is 1. The molecule has 17 heavy (non-hydrogen) atoms. The molecule has 0 spiro atoms. The Labute approximate surface area is 100 Å². The highest BCUT2D eigenvalue weighted by atomic mass is 19.1. The number of hydrogen-bond donors (Lipinski definition) is 1. The highest BCUT2D eigenvalue weighted by Gasteiger charge is 2.13. The minimum atomic E-state index is -0.273. The molecule has 2 aromatic rings. The van der Waals surface area contributed by atoms with Gasteiger partial charge in [0.2, 0.25) is 0 Å². The van der Waals surface area contributed by atoms with Crippen LogP contribution in [0.4, 0.5) is 10.1 Å². The topological polar surface area (TPSA) is 43.8 Å². The van der Waals surface area contributed by atoms with Crippen LogP contribution in [0.15, 0.2) is 24.4 Å². The zero-order valence-corrected chi connectivity index (χ0v) is 10.2. The summed E-state index contributed by atoms with van der Waals surface area (Å²) in [6, 6.07) is 4.84. The smallest absolute Gasteiger partial charge is 0.131 e. The van der Waals surface area contributed by atoms with E-state index in [0.29, 0.717) is 11.3 Å². The molecule has 1 aromatic heterocycles. The Bertz CT molecular complexity index is 544. The molecule has 3 nitrogen and oxygen atoms in total. The molecule has 2 N–H and O–H groups in total. The summed E-state index contributed by atoms with van der Waals surface area (Å²) in [6.07, 6.45) is 1.86. The van der Waals surface area contributed by atoms with Crippen LogP contribution >= 0.6 is 0 Å². The van der Waals surface area contributed by atoms with Crippen LogP contribution in [-0.2, 0) is 0 Å². The van der Waals surface area contributed by atoms with Crippen molar-refractivity contribution in [3.8, 4) is 11.1 Å². The lowest BCUT2D eigenvalue weighted by atomic mass is 10.1. The van der Waals surface area contributed by atoms with Crippen LogP contribution in [-0.4, -0.2) is 9.78 Å². The van der Waals surface area contributed by atoms with E-state index < -0.39 is 0 Å². The SMILES string of the molecule is Cc1nn(C(C)C)cc1-c1cc(N)ccc1F. The summed E-state index contributed by atoms with van der Waals surface area (Å²) >= 11 is 0. The summed E-state index contributed by atoms with van der Waals surface area (Å²) in [4.78, 5) is 0. The number of anilines is 1. The molecule has 0 bridgehead atoms. The van der Waals surface area contributed by atoms with Crippen LogP contribution in [0.1, 0.15) is 25.6 Å². The normalized spacial score (nSPS) is 11.1. The van der Waals surface area contributed by atoms with E-state index in [4.69, 9.17) is 5.73 Å². The van der Waals surface area contributed by atoms with Gasteiger partial charge in [0.15, 0.2) is 0 Å². The van der Waals surface area contributed by atoms with Gasteiger partial charge in [-0.25, -0.2) is 4.39 Å². The average molecular weight is 233 g/mol. The summed E-state index contributed by atoms with van der Waals surface area (Å²) < 4.78 is 15.6. The predicted molar refractivity (Wildman–Crippen MR) is 67.2 cm³/mol. The van der Waals surface area contributed by atoms with E-state index >= 15 is 0 Å². The third-order valence-corrected chi connectivity index (χ3v) is 2.73. The van der Waals surface area contributed by atoms with Crippen LogP contribution < -0.4 is 5.73 Å². The van der Waals surface area contributed by atoms with Crippen molar-refractivity contribution in [3.05, 3.63) is 35.9 Å². The van der Waals surface area contributed by atoms with Crippen molar-refractivity contribution in [1.29, 1.82) is 0 Å². The Balaban J connectivity index is 2.56. The summed E-state index contributed by atoms with van der Waals surface area (Å²) in [5.41, 5.74) is 8.35. The van der Waals surface area contributed by atoms with E-state index in [9.17, 15) is 4.39 Å². The van der Waals surface area contributed by atoms with E-state index in [0.717, 1.165) is 11.3 Å².